The largest absolute Gasteiger partial charge is 0.356 e. The van der Waals surface area contributed by atoms with E-state index < -0.39 is 10.0 Å². The first kappa shape index (κ1) is 17.2. The highest BCUT2D eigenvalue weighted by molar-refractivity contribution is 7.88. The maximum absolute atomic E-state index is 11.5. The molecular weight excluding hydrogens is 320 g/mol. The number of aliphatic imine (C=N–C) groups is 1. The van der Waals surface area contributed by atoms with E-state index in [2.05, 4.69) is 27.1 Å². The summed E-state index contributed by atoms with van der Waals surface area (Å²) in [4.78, 5) is 5.49. The average Bonchev–Trinajstić information content (AvgIpc) is 3.00. The Balaban J connectivity index is 1.71. The van der Waals surface area contributed by atoms with E-state index >= 15 is 0 Å². The molecule has 1 aromatic heterocycles. The van der Waals surface area contributed by atoms with Gasteiger partial charge in [0.15, 0.2) is 5.96 Å². The number of guanidine groups is 1. The summed E-state index contributed by atoms with van der Waals surface area (Å²) in [5.74, 6) is 1.28. The topological polar surface area (TPSA) is 73.8 Å². The van der Waals surface area contributed by atoms with Crippen molar-refractivity contribution in [3.63, 3.8) is 0 Å². The van der Waals surface area contributed by atoms with Gasteiger partial charge in [-0.2, -0.15) is 0 Å². The quantitative estimate of drug-likeness (QED) is 0.619. The Hall–Kier alpha value is -1.12. The van der Waals surface area contributed by atoms with Gasteiger partial charge in [-0.15, -0.1) is 11.3 Å². The van der Waals surface area contributed by atoms with E-state index in [1.54, 1.807) is 22.7 Å². The Kier molecular flexibility index (Phi) is 6.22. The summed E-state index contributed by atoms with van der Waals surface area (Å²) in [6.45, 7) is 2.82. The third kappa shape index (κ3) is 5.26. The zero-order chi connectivity index (χ0) is 16.0. The van der Waals surface area contributed by atoms with Crippen LogP contribution in [0.5, 0.6) is 0 Å². The summed E-state index contributed by atoms with van der Waals surface area (Å²) in [5, 5.41) is 8.68. The van der Waals surface area contributed by atoms with E-state index in [1.807, 2.05) is 6.07 Å². The fourth-order valence-corrected chi connectivity index (χ4v) is 4.01. The van der Waals surface area contributed by atoms with Crippen molar-refractivity contribution in [3.8, 4) is 0 Å². The predicted molar refractivity (Wildman–Crippen MR) is 91.7 cm³/mol. The van der Waals surface area contributed by atoms with Gasteiger partial charge in [0.2, 0.25) is 10.0 Å². The monoisotopic (exact) mass is 344 g/mol. The molecule has 0 saturated carbocycles. The molecule has 0 unspecified atom stereocenters. The normalized spacial score (nSPS) is 18.4. The highest BCUT2D eigenvalue weighted by Gasteiger charge is 2.24. The number of rotatable bonds is 5. The van der Waals surface area contributed by atoms with Crippen LogP contribution in [0.4, 0.5) is 0 Å². The number of piperidine rings is 1. The third-order valence-corrected chi connectivity index (χ3v) is 6.01. The number of hydrogen-bond donors (Lipinski definition) is 2. The average molecular weight is 345 g/mol. The molecule has 0 aromatic carbocycles. The van der Waals surface area contributed by atoms with Crippen molar-refractivity contribution in [3.05, 3.63) is 22.4 Å². The highest BCUT2D eigenvalue weighted by atomic mass is 32.2. The molecular formula is C14H24N4O2S2. The minimum absolute atomic E-state index is 0.485. The Morgan fingerprint density at radius 3 is 2.68 bits per heavy atom. The summed E-state index contributed by atoms with van der Waals surface area (Å²) < 4.78 is 24.5. The summed E-state index contributed by atoms with van der Waals surface area (Å²) in [5.41, 5.74) is 0. The van der Waals surface area contributed by atoms with Gasteiger partial charge in [-0.1, -0.05) is 6.07 Å². The summed E-state index contributed by atoms with van der Waals surface area (Å²) >= 11 is 1.72. The van der Waals surface area contributed by atoms with Crippen molar-refractivity contribution in [2.24, 2.45) is 10.9 Å². The van der Waals surface area contributed by atoms with Crippen LogP contribution >= 0.6 is 11.3 Å². The Morgan fingerprint density at radius 1 is 1.41 bits per heavy atom. The lowest BCUT2D eigenvalue weighted by atomic mass is 9.98. The molecule has 1 fully saturated rings. The van der Waals surface area contributed by atoms with E-state index in [0.717, 1.165) is 31.9 Å². The molecule has 0 aliphatic carbocycles. The van der Waals surface area contributed by atoms with Gasteiger partial charge in [0.25, 0.3) is 0 Å². The van der Waals surface area contributed by atoms with Crippen LogP contribution < -0.4 is 10.6 Å². The predicted octanol–water partition coefficient (Wildman–Crippen LogP) is 1.08. The first-order valence-electron chi connectivity index (χ1n) is 7.41. The zero-order valence-corrected chi connectivity index (χ0v) is 14.7. The van der Waals surface area contributed by atoms with E-state index in [1.165, 1.54) is 11.1 Å². The van der Waals surface area contributed by atoms with Crippen LogP contribution in [0.1, 0.15) is 17.7 Å². The van der Waals surface area contributed by atoms with E-state index in [9.17, 15) is 8.42 Å². The van der Waals surface area contributed by atoms with Crippen LogP contribution in [0.2, 0.25) is 0 Å². The minimum Gasteiger partial charge on any atom is -0.356 e. The molecule has 2 heterocycles. The molecule has 2 N–H and O–H groups in total. The van der Waals surface area contributed by atoms with Gasteiger partial charge >= 0.3 is 0 Å². The molecule has 124 valence electrons. The van der Waals surface area contributed by atoms with E-state index in [-0.39, 0.29) is 0 Å². The van der Waals surface area contributed by atoms with Crippen LogP contribution in [-0.4, -0.2) is 51.6 Å². The van der Waals surface area contributed by atoms with Gasteiger partial charge < -0.3 is 10.6 Å². The van der Waals surface area contributed by atoms with Crippen LogP contribution in [0.15, 0.2) is 22.5 Å². The van der Waals surface area contributed by atoms with Crippen LogP contribution in [-0.2, 0) is 16.6 Å². The number of thiophene rings is 1. The summed E-state index contributed by atoms with van der Waals surface area (Å²) in [7, 11) is -1.28. The lowest BCUT2D eigenvalue weighted by Crippen LogP contribution is -2.43. The SMILES string of the molecule is CN=C(NCc1cccs1)NCC1CCN(S(C)(=O)=O)CC1. The van der Waals surface area contributed by atoms with Crippen molar-refractivity contribution < 1.29 is 8.42 Å². The van der Waals surface area contributed by atoms with E-state index in [4.69, 9.17) is 0 Å². The Morgan fingerprint density at radius 2 is 2.14 bits per heavy atom. The second kappa shape index (κ2) is 7.94. The highest BCUT2D eigenvalue weighted by Crippen LogP contribution is 2.18. The fourth-order valence-electron chi connectivity index (χ4n) is 2.49. The smallest absolute Gasteiger partial charge is 0.211 e. The Bertz CT molecular complexity index is 576. The van der Waals surface area contributed by atoms with Crippen LogP contribution in [0, 0.1) is 5.92 Å². The van der Waals surface area contributed by atoms with Gasteiger partial charge in [0.05, 0.1) is 12.8 Å². The molecule has 6 nitrogen and oxygen atoms in total. The van der Waals surface area contributed by atoms with Crippen LogP contribution in [0.3, 0.4) is 0 Å². The third-order valence-electron chi connectivity index (χ3n) is 3.83. The molecule has 8 heteroatoms. The zero-order valence-electron chi connectivity index (χ0n) is 13.1. The van der Waals surface area contributed by atoms with Crippen molar-refractivity contribution in [1.82, 2.24) is 14.9 Å². The van der Waals surface area contributed by atoms with Crippen molar-refractivity contribution in [2.45, 2.75) is 19.4 Å². The van der Waals surface area contributed by atoms with Crippen LogP contribution in [0.25, 0.3) is 0 Å². The number of nitrogens with one attached hydrogen (secondary N) is 2. The molecule has 1 saturated heterocycles. The second-order valence-electron chi connectivity index (χ2n) is 5.49. The van der Waals surface area contributed by atoms with Gasteiger partial charge in [0, 0.05) is 31.6 Å². The number of hydrogen-bond acceptors (Lipinski definition) is 4. The molecule has 0 bridgehead atoms. The molecule has 2 rings (SSSR count). The summed E-state index contributed by atoms with van der Waals surface area (Å²) in [6.07, 6.45) is 3.06. The molecule has 1 aliphatic heterocycles. The standard InChI is InChI=1S/C14H24N4O2S2/c1-15-14(17-11-13-4-3-9-21-13)16-10-12-5-7-18(8-6-12)22(2,19)20/h3-4,9,12H,5-8,10-11H2,1-2H3,(H2,15,16,17). The molecule has 1 aromatic rings. The van der Waals surface area contributed by atoms with Crippen molar-refractivity contribution in [2.75, 3.05) is 32.9 Å². The molecule has 22 heavy (non-hydrogen) atoms. The fraction of sp³-hybridized carbons (Fsp3) is 0.643. The van der Waals surface area contributed by atoms with Gasteiger partial charge in [-0.3, -0.25) is 4.99 Å². The van der Waals surface area contributed by atoms with Gasteiger partial charge in [0.1, 0.15) is 0 Å². The Labute approximate surface area is 136 Å². The minimum atomic E-state index is -3.04. The number of sulfonamides is 1. The van der Waals surface area contributed by atoms with Crippen molar-refractivity contribution >= 4 is 27.3 Å². The molecule has 0 spiro atoms. The maximum Gasteiger partial charge on any atom is 0.211 e. The van der Waals surface area contributed by atoms with Gasteiger partial charge in [-0.05, 0) is 30.2 Å². The molecule has 0 amide bonds. The molecule has 0 radical (unpaired) electrons. The molecule has 0 atom stereocenters. The second-order valence-corrected chi connectivity index (χ2v) is 8.51. The first-order valence-corrected chi connectivity index (χ1v) is 10.1. The van der Waals surface area contributed by atoms with E-state index in [0.29, 0.717) is 19.0 Å². The van der Waals surface area contributed by atoms with Gasteiger partial charge in [-0.25, -0.2) is 12.7 Å². The maximum atomic E-state index is 11.5. The lowest BCUT2D eigenvalue weighted by molar-refractivity contribution is 0.275. The first-order chi connectivity index (χ1) is 10.5. The number of nitrogens with zero attached hydrogens (tertiary/aromatic N) is 2. The lowest BCUT2D eigenvalue weighted by Gasteiger charge is -2.30. The summed E-state index contributed by atoms with van der Waals surface area (Å²) in [6, 6.07) is 4.12. The van der Waals surface area contributed by atoms with Crippen molar-refractivity contribution in [1.29, 1.82) is 0 Å². The molecule has 1 aliphatic rings.